The van der Waals surface area contributed by atoms with Crippen LogP contribution in [-0.2, 0) is 10.5 Å². The zero-order chi connectivity index (χ0) is 28.3. The van der Waals surface area contributed by atoms with Crippen molar-refractivity contribution in [1.29, 1.82) is 0 Å². The molecule has 0 amide bonds. The molecule has 2 fully saturated rings. The number of para-hydroxylation sites is 1. The first-order valence-corrected chi connectivity index (χ1v) is 15.7. The van der Waals surface area contributed by atoms with Gasteiger partial charge < -0.3 is 20.2 Å². The number of hydrogen-bond acceptors (Lipinski definition) is 7. The standard InChI is InChI=1S/C31H40FN5O2S/c1-36(2)27-9-5-4-8-23(27)21-12-17-37(18-13-21)28-24-20-22(33-26(29(38)39)14-19-40-3)10-11-25(24)34-30(35-28)31(32)15-6-7-16-31/h4-5,8-11,20-21,26,33H,6-7,12-19H2,1-3H3,(H,38,39)/t26-/m0/s1. The molecule has 40 heavy (non-hydrogen) atoms. The van der Waals surface area contributed by atoms with Crippen molar-refractivity contribution in [2.45, 2.75) is 62.6 Å². The maximum absolute atomic E-state index is 16.0. The molecule has 2 heterocycles. The fraction of sp³-hybridized carbons (Fsp3) is 0.516. The van der Waals surface area contributed by atoms with Gasteiger partial charge in [-0.25, -0.2) is 19.2 Å². The van der Waals surface area contributed by atoms with Crippen LogP contribution in [0.15, 0.2) is 42.5 Å². The number of carbonyl (C=O) groups is 1. The van der Waals surface area contributed by atoms with Crippen molar-refractivity contribution in [1.82, 2.24) is 9.97 Å². The van der Waals surface area contributed by atoms with E-state index in [4.69, 9.17) is 9.97 Å². The van der Waals surface area contributed by atoms with Crippen LogP contribution in [0.4, 0.5) is 21.6 Å². The molecule has 5 rings (SSSR count). The molecule has 1 aliphatic heterocycles. The monoisotopic (exact) mass is 565 g/mol. The number of thioether (sulfide) groups is 1. The first-order chi connectivity index (χ1) is 19.3. The highest BCUT2D eigenvalue weighted by Crippen LogP contribution is 2.43. The molecule has 3 aromatic rings. The summed E-state index contributed by atoms with van der Waals surface area (Å²) < 4.78 is 16.0. The average molecular weight is 566 g/mol. The van der Waals surface area contributed by atoms with Crippen molar-refractivity contribution in [2.75, 3.05) is 54.3 Å². The van der Waals surface area contributed by atoms with Gasteiger partial charge in [0.05, 0.1) is 5.52 Å². The quantitative estimate of drug-likeness (QED) is 0.291. The number of anilines is 3. The molecule has 0 bridgehead atoms. The van der Waals surface area contributed by atoms with Crippen LogP contribution < -0.4 is 15.1 Å². The molecule has 0 spiro atoms. The number of piperidine rings is 1. The Labute approximate surface area is 240 Å². The normalized spacial score (nSPS) is 18.1. The summed E-state index contributed by atoms with van der Waals surface area (Å²) in [7, 11) is 4.17. The van der Waals surface area contributed by atoms with E-state index in [0.717, 1.165) is 55.7 Å². The van der Waals surface area contributed by atoms with E-state index in [1.165, 1.54) is 11.3 Å². The molecule has 2 N–H and O–H groups in total. The number of alkyl halides is 1. The number of hydrogen-bond donors (Lipinski definition) is 2. The maximum atomic E-state index is 16.0. The Morgan fingerprint density at radius 3 is 2.58 bits per heavy atom. The molecule has 0 unspecified atom stereocenters. The minimum absolute atomic E-state index is 0.289. The molecule has 1 aliphatic carbocycles. The van der Waals surface area contributed by atoms with Crippen LogP contribution >= 0.6 is 11.8 Å². The summed E-state index contributed by atoms with van der Waals surface area (Å²) in [5.41, 5.74) is 2.54. The Morgan fingerprint density at radius 2 is 1.90 bits per heavy atom. The Kier molecular flexibility index (Phi) is 8.68. The van der Waals surface area contributed by atoms with E-state index in [2.05, 4.69) is 53.5 Å². The smallest absolute Gasteiger partial charge is 0.326 e. The van der Waals surface area contributed by atoms with Crippen molar-refractivity contribution < 1.29 is 14.3 Å². The number of nitrogens with one attached hydrogen (secondary N) is 1. The van der Waals surface area contributed by atoms with E-state index in [0.29, 0.717) is 36.4 Å². The lowest BCUT2D eigenvalue weighted by Gasteiger charge is -2.35. The van der Waals surface area contributed by atoms with E-state index in [9.17, 15) is 9.90 Å². The number of rotatable bonds is 10. The van der Waals surface area contributed by atoms with Crippen LogP contribution in [0.2, 0.25) is 0 Å². The van der Waals surface area contributed by atoms with Gasteiger partial charge >= 0.3 is 5.97 Å². The number of carboxylic acid groups (broad SMARTS) is 1. The lowest BCUT2D eigenvalue weighted by molar-refractivity contribution is -0.137. The number of aromatic nitrogens is 2. The molecule has 2 aliphatic rings. The van der Waals surface area contributed by atoms with Crippen molar-refractivity contribution in [3.05, 3.63) is 53.9 Å². The fourth-order valence-corrected chi connectivity index (χ4v) is 6.61. The Morgan fingerprint density at radius 1 is 1.18 bits per heavy atom. The third-order valence-corrected chi connectivity index (χ3v) is 9.02. The van der Waals surface area contributed by atoms with Gasteiger partial charge in [0, 0.05) is 43.9 Å². The molecule has 9 heteroatoms. The van der Waals surface area contributed by atoms with Gasteiger partial charge in [-0.2, -0.15) is 11.8 Å². The van der Waals surface area contributed by atoms with Gasteiger partial charge in [-0.1, -0.05) is 18.2 Å². The van der Waals surface area contributed by atoms with E-state index >= 15 is 4.39 Å². The summed E-state index contributed by atoms with van der Waals surface area (Å²) in [4.78, 5) is 26.0. The fourth-order valence-electron chi connectivity index (χ4n) is 6.14. The summed E-state index contributed by atoms with van der Waals surface area (Å²) in [6, 6.07) is 13.6. The molecule has 7 nitrogen and oxygen atoms in total. The first kappa shape index (κ1) is 28.5. The summed E-state index contributed by atoms with van der Waals surface area (Å²) in [5, 5.41) is 13.8. The van der Waals surface area contributed by atoms with Crippen LogP contribution in [0.5, 0.6) is 0 Å². The third-order valence-electron chi connectivity index (χ3n) is 8.37. The summed E-state index contributed by atoms with van der Waals surface area (Å²) in [6.07, 6.45) is 7.04. The summed E-state index contributed by atoms with van der Waals surface area (Å²) in [6.45, 7) is 1.61. The summed E-state index contributed by atoms with van der Waals surface area (Å²) >= 11 is 1.63. The van der Waals surface area contributed by atoms with Crippen LogP contribution in [0.3, 0.4) is 0 Å². The zero-order valence-corrected chi connectivity index (χ0v) is 24.5. The van der Waals surface area contributed by atoms with Crippen LogP contribution in [0, 0.1) is 0 Å². The van der Waals surface area contributed by atoms with Crippen molar-refractivity contribution in [3.8, 4) is 0 Å². The topological polar surface area (TPSA) is 81.6 Å². The second kappa shape index (κ2) is 12.2. The van der Waals surface area contributed by atoms with Gasteiger partial charge in [-0.15, -0.1) is 0 Å². The van der Waals surface area contributed by atoms with Gasteiger partial charge in [0.1, 0.15) is 11.9 Å². The predicted molar refractivity (Wildman–Crippen MR) is 164 cm³/mol. The molecule has 1 atom stereocenters. The lowest BCUT2D eigenvalue weighted by atomic mass is 9.88. The van der Waals surface area contributed by atoms with Gasteiger partial charge in [0.2, 0.25) is 0 Å². The minimum Gasteiger partial charge on any atom is -0.480 e. The summed E-state index contributed by atoms with van der Waals surface area (Å²) in [5.74, 6) is 1.36. The van der Waals surface area contributed by atoms with E-state index in [1.54, 1.807) is 11.8 Å². The molecule has 1 saturated heterocycles. The van der Waals surface area contributed by atoms with Crippen LogP contribution in [0.25, 0.3) is 10.9 Å². The van der Waals surface area contributed by atoms with Crippen molar-refractivity contribution in [2.24, 2.45) is 0 Å². The SMILES string of the molecule is CSCC[C@H](Nc1ccc2nc(C3(F)CCCC3)nc(N3CCC(c4ccccc4N(C)C)CC3)c2c1)C(=O)O. The molecule has 2 aromatic carbocycles. The largest absolute Gasteiger partial charge is 0.480 e. The Balaban J connectivity index is 1.47. The van der Waals surface area contributed by atoms with E-state index < -0.39 is 17.7 Å². The van der Waals surface area contributed by atoms with Crippen molar-refractivity contribution >= 4 is 45.8 Å². The van der Waals surface area contributed by atoms with E-state index in [1.807, 2.05) is 24.5 Å². The van der Waals surface area contributed by atoms with Gasteiger partial charge in [0.25, 0.3) is 0 Å². The van der Waals surface area contributed by atoms with Gasteiger partial charge in [-0.05, 0) is 92.7 Å². The zero-order valence-electron chi connectivity index (χ0n) is 23.7. The highest BCUT2D eigenvalue weighted by molar-refractivity contribution is 7.98. The van der Waals surface area contributed by atoms with Gasteiger partial charge in [-0.3, -0.25) is 0 Å². The number of fused-ring (bicyclic) bond motifs is 1. The molecule has 214 valence electrons. The number of carboxylic acids is 1. The second-order valence-electron chi connectivity index (χ2n) is 11.3. The molecule has 1 saturated carbocycles. The van der Waals surface area contributed by atoms with Gasteiger partial charge in [0.15, 0.2) is 11.5 Å². The third kappa shape index (κ3) is 5.99. The Bertz CT molecular complexity index is 1340. The highest BCUT2D eigenvalue weighted by atomic mass is 32.2. The predicted octanol–water partition coefficient (Wildman–Crippen LogP) is 6.44. The highest BCUT2D eigenvalue weighted by Gasteiger charge is 2.39. The molecular weight excluding hydrogens is 525 g/mol. The number of aliphatic carboxylic acids is 1. The Hall–Kier alpha value is -3.07. The van der Waals surface area contributed by atoms with Crippen LogP contribution in [-0.4, -0.2) is 66.3 Å². The number of nitrogens with zero attached hydrogens (tertiary/aromatic N) is 4. The van der Waals surface area contributed by atoms with Crippen molar-refractivity contribution in [3.63, 3.8) is 0 Å². The maximum Gasteiger partial charge on any atom is 0.326 e. The second-order valence-corrected chi connectivity index (χ2v) is 12.3. The first-order valence-electron chi connectivity index (χ1n) is 14.3. The van der Waals surface area contributed by atoms with E-state index in [-0.39, 0.29) is 5.82 Å². The van der Waals surface area contributed by atoms with Crippen LogP contribution in [0.1, 0.15) is 62.3 Å². The lowest BCUT2D eigenvalue weighted by Crippen LogP contribution is -2.35. The molecule has 0 radical (unpaired) electrons. The minimum atomic E-state index is -1.49. The molecular formula is C31H40FN5O2S. The average Bonchev–Trinajstić information content (AvgIpc) is 3.42. The number of halogens is 1. The molecule has 1 aromatic heterocycles. The number of benzene rings is 2.